The van der Waals surface area contributed by atoms with E-state index in [1.807, 2.05) is 6.07 Å². The molecule has 3 heterocycles. The van der Waals surface area contributed by atoms with E-state index in [1.165, 1.54) is 15.8 Å². The first-order valence-corrected chi connectivity index (χ1v) is 8.61. The summed E-state index contributed by atoms with van der Waals surface area (Å²) in [5, 5.41) is 6.12. The van der Waals surface area contributed by atoms with Gasteiger partial charge in [0.1, 0.15) is 5.52 Å². The third-order valence-corrected chi connectivity index (χ3v) is 4.80. The number of rotatable bonds is 2. The van der Waals surface area contributed by atoms with Gasteiger partial charge in [-0.2, -0.15) is 9.78 Å². The molecule has 0 saturated heterocycles. The predicted octanol–water partition coefficient (Wildman–Crippen LogP) is 3.05. The number of halogens is 2. The zero-order valence-electron chi connectivity index (χ0n) is 15.4. The Morgan fingerprint density at radius 1 is 1.14 bits per heavy atom. The van der Waals surface area contributed by atoms with Gasteiger partial charge in [0.05, 0.1) is 22.4 Å². The number of amides is 1. The van der Waals surface area contributed by atoms with E-state index in [9.17, 15) is 9.59 Å². The highest BCUT2D eigenvalue weighted by molar-refractivity contribution is 6.36. The standard InChI is InChI=1S/C19H16ClN5O2.ClH/c1-23(2)18(26)15-14-12-7-4-8-13(20)16(12)24(3)17(14)19(27)25(22-15)11-6-5-9-21-10-11;/h4-10H,1-3H3;1H. The summed E-state index contributed by atoms with van der Waals surface area (Å²) in [5.41, 5.74) is 1.37. The second-order valence-electron chi connectivity index (χ2n) is 6.39. The molecule has 1 aromatic carbocycles. The number of carbonyl (C=O) groups is 1. The first-order chi connectivity index (χ1) is 12.9. The van der Waals surface area contributed by atoms with Crippen molar-refractivity contribution in [2.45, 2.75) is 0 Å². The van der Waals surface area contributed by atoms with Gasteiger partial charge < -0.3 is 9.47 Å². The van der Waals surface area contributed by atoms with Crippen molar-refractivity contribution in [1.29, 1.82) is 0 Å². The van der Waals surface area contributed by atoms with E-state index < -0.39 is 0 Å². The molecular weight excluding hydrogens is 401 g/mol. The topological polar surface area (TPSA) is 73.0 Å². The maximum absolute atomic E-state index is 13.3. The number of aromatic nitrogens is 4. The maximum Gasteiger partial charge on any atom is 0.296 e. The second-order valence-corrected chi connectivity index (χ2v) is 6.80. The molecule has 0 saturated carbocycles. The number of hydrogen-bond donors (Lipinski definition) is 0. The van der Waals surface area contributed by atoms with E-state index in [4.69, 9.17) is 11.6 Å². The number of nitrogens with zero attached hydrogens (tertiary/aromatic N) is 5. The van der Waals surface area contributed by atoms with Gasteiger partial charge in [0.2, 0.25) is 0 Å². The fourth-order valence-electron chi connectivity index (χ4n) is 3.27. The number of para-hydroxylation sites is 1. The van der Waals surface area contributed by atoms with E-state index in [-0.39, 0.29) is 29.6 Å². The maximum atomic E-state index is 13.3. The predicted molar refractivity (Wildman–Crippen MR) is 112 cm³/mol. The van der Waals surface area contributed by atoms with Crippen LogP contribution >= 0.6 is 24.0 Å². The third-order valence-electron chi connectivity index (χ3n) is 4.49. The Labute approximate surface area is 171 Å². The fourth-order valence-corrected chi connectivity index (χ4v) is 3.57. The monoisotopic (exact) mass is 417 g/mol. The molecule has 4 aromatic rings. The lowest BCUT2D eigenvalue weighted by Crippen LogP contribution is -2.29. The summed E-state index contributed by atoms with van der Waals surface area (Å²) < 4.78 is 2.93. The highest BCUT2D eigenvalue weighted by Gasteiger charge is 2.25. The fraction of sp³-hybridized carbons (Fsp3) is 0.158. The molecule has 144 valence electrons. The van der Waals surface area contributed by atoms with Gasteiger partial charge in [-0.3, -0.25) is 14.6 Å². The van der Waals surface area contributed by atoms with Crippen LogP contribution in [-0.4, -0.2) is 44.2 Å². The van der Waals surface area contributed by atoms with Gasteiger partial charge in [0.25, 0.3) is 11.5 Å². The van der Waals surface area contributed by atoms with E-state index in [2.05, 4.69) is 10.1 Å². The lowest BCUT2D eigenvalue weighted by Gasteiger charge is -2.13. The van der Waals surface area contributed by atoms with Crippen molar-refractivity contribution in [2.75, 3.05) is 14.1 Å². The van der Waals surface area contributed by atoms with Gasteiger partial charge in [-0.1, -0.05) is 23.7 Å². The first-order valence-electron chi connectivity index (χ1n) is 8.23. The molecule has 4 rings (SSSR count). The van der Waals surface area contributed by atoms with Crippen molar-refractivity contribution in [3.63, 3.8) is 0 Å². The first kappa shape index (κ1) is 19.9. The van der Waals surface area contributed by atoms with Crippen molar-refractivity contribution in [2.24, 2.45) is 7.05 Å². The van der Waals surface area contributed by atoms with Crippen molar-refractivity contribution >= 4 is 51.7 Å². The highest BCUT2D eigenvalue weighted by atomic mass is 35.5. The minimum Gasteiger partial charge on any atom is -0.343 e. The summed E-state index contributed by atoms with van der Waals surface area (Å²) in [6.07, 6.45) is 3.13. The van der Waals surface area contributed by atoms with Gasteiger partial charge in [-0.05, 0) is 18.2 Å². The number of fused-ring (bicyclic) bond motifs is 3. The van der Waals surface area contributed by atoms with Crippen molar-refractivity contribution in [3.05, 3.63) is 63.8 Å². The smallest absolute Gasteiger partial charge is 0.296 e. The minimum absolute atomic E-state index is 0. The van der Waals surface area contributed by atoms with Crippen LogP contribution in [0.3, 0.4) is 0 Å². The largest absolute Gasteiger partial charge is 0.343 e. The quantitative estimate of drug-likeness (QED) is 0.502. The molecule has 0 bridgehead atoms. The van der Waals surface area contributed by atoms with Gasteiger partial charge >= 0.3 is 0 Å². The Morgan fingerprint density at radius 3 is 2.54 bits per heavy atom. The van der Waals surface area contributed by atoms with Crippen LogP contribution in [0.1, 0.15) is 10.5 Å². The molecule has 0 aliphatic heterocycles. The average Bonchev–Trinajstić information content (AvgIpc) is 2.97. The van der Waals surface area contributed by atoms with Gasteiger partial charge in [0.15, 0.2) is 5.69 Å². The van der Waals surface area contributed by atoms with Gasteiger partial charge in [-0.15, -0.1) is 12.4 Å². The summed E-state index contributed by atoms with van der Waals surface area (Å²) in [7, 11) is 5.05. The van der Waals surface area contributed by atoms with Crippen LogP contribution in [0.15, 0.2) is 47.5 Å². The van der Waals surface area contributed by atoms with Gasteiger partial charge in [0, 0.05) is 38.1 Å². The molecule has 9 heteroatoms. The molecule has 0 radical (unpaired) electrons. The van der Waals surface area contributed by atoms with E-state index in [0.717, 1.165) is 0 Å². The number of carbonyl (C=O) groups excluding carboxylic acids is 1. The Kier molecular flexibility index (Phi) is 5.14. The molecule has 0 unspecified atom stereocenters. The number of aryl methyl sites for hydroxylation is 1. The average molecular weight is 418 g/mol. The molecule has 0 aliphatic rings. The molecule has 28 heavy (non-hydrogen) atoms. The van der Waals surface area contributed by atoms with Crippen LogP contribution < -0.4 is 5.56 Å². The van der Waals surface area contributed by atoms with Crippen LogP contribution in [0.25, 0.3) is 27.5 Å². The molecule has 3 aromatic heterocycles. The molecule has 0 atom stereocenters. The molecule has 1 amide bonds. The van der Waals surface area contributed by atoms with E-state index in [1.54, 1.807) is 56.2 Å². The van der Waals surface area contributed by atoms with E-state index >= 15 is 0 Å². The van der Waals surface area contributed by atoms with Crippen LogP contribution in [0, 0.1) is 0 Å². The van der Waals surface area contributed by atoms with Crippen LogP contribution in [0.4, 0.5) is 0 Å². The summed E-state index contributed by atoms with van der Waals surface area (Å²) in [6, 6.07) is 8.81. The van der Waals surface area contributed by atoms with Crippen LogP contribution in [0.2, 0.25) is 5.02 Å². The SMILES string of the molecule is CN(C)C(=O)c1nn(-c2cccnc2)c(=O)c2c1c1cccc(Cl)c1n2C.Cl. The number of hydrogen-bond acceptors (Lipinski definition) is 4. The number of pyridine rings is 1. The zero-order valence-corrected chi connectivity index (χ0v) is 17.0. The van der Waals surface area contributed by atoms with Crippen LogP contribution in [0.5, 0.6) is 0 Å². The summed E-state index contributed by atoms with van der Waals surface area (Å²) in [4.78, 5) is 31.6. The second kappa shape index (κ2) is 7.26. The molecule has 0 aliphatic carbocycles. The van der Waals surface area contributed by atoms with E-state index in [0.29, 0.717) is 32.5 Å². The Hall–Kier alpha value is -2.90. The lowest BCUT2D eigenvalue weighted by atomic mass is 10.1. The van der Waals surface area contributed by atoms with Crippen molar-refractivity contribution in [3.8, 4) is 5.69 Å². The third kappa shape index (κ3) is 2.83. The molecule has 0 N–H and O–H groups in total. The molecule has 7 nitrogen and oxygen atoms in total. The normalized spacial score (nSPS) is 10.9. The zero-order chi connectivity index (χ0) is 19.3. The lowest BCUT2D eigenvalue weighted by molar-refractivity contribution is 0.0822. The minimum atomic E-state index is -0.344. The highest BCUT2D eigenvalue weighted by Crippen LogP contribution is 2.33. The Bertz CT molecular complexity index is 1260. The summed E-state index contributed by atoms with van der Waals surface area (Å²) in [6.45, 7) is 0. The Morgan fingerprint density at radius 2 is 1.89 bits per heavy atom. The van der Waals surface area contributed by atoms with Crippen molar-refractivity contribution < 1.29 is 4.79 Å². The summed E-state index contributed by atoms with van der Waals surface area (Å²) >= 11 is 6.38. The van der Waals surface area contributed by atoms with Crippen molar-refractivity contribution in [1.82, 2.24) is 24.2 Å². The van der Waals surface area contributed by atoms with Crippen LogP contribution in [-0.2, 0) is 7.05 Å². The number of benzene rings is 1. The molecule has 0 spiro atoms. The molecular formula is C19H17Cl2N5O2. The summed E-state index contributed by atoms with van der Waals surface area (Å²) in [5.74, 6) is -0.301. The Balaban J connectivity index is 0.00000225. The molecule has 0 fully saturated rings. The van der Waals surface area contributed by atoms with Gasteiger partial charge in [-0.25, -0.2) is 0 Å².